The third kappa shape index (κ3) is 7.80. The van der Waals surface area contributed by atoms with Crippen LogP contribution in [-0.2, 0) is 23.6 Å². The molecule has 0 aliphatic carbocycles. The minimum atomic E-state index is -0.361. The van der Waals surface area contributed by atoms with E-state index in [1.807, 2.05) is 20.2 Å². The molecule has 1 aliphatic rings. The summed E-state index contributed by atoms with van der Waals surface area (Å²) in [6.45, 7) is 5.98. The maximum absolute atomic E-state index is 10.8. The van der Waals surface area contributed by atoms with Crippen LogP contribution < -0.4 is 0 Å². The van der Waals surface area contributed by atoms with Gasteiger partial charge in [-0.05, 0) is 36.0 Å². The van der Waals surface area contributed by atoms with Crippen molar-refractivity contribution in [2.75, 3.05) is 40.5 Å². The monoisotopic (exact) mass is 415 g/mol. The number of hydrogen-bond acceptors (Lipinski definition) is 6. The zero-order valence-electron chi connectivity index (χ0n) is 15.4. The summed E-state index contributed by atoms with van der Waals surface area (Å²) < 4.78 is 13.9. The van der Waals surface area contributed by atoms with Crippen molar-refractivity contribution in [1.29, 1.82) is 0 Å². The van der Waals surface area contributed by atoms with Gasteiger partial charge < -0.3 is 14.4 Å². The first-order valence-corrected chi connectivity index (χ1v) is 8.62. The lowest BCUT2D eigenvalue weighted by Gasteiger charge is -2.21. The smallest absolute Gasteiger partial charge is 0.356 e. The molecule has 140 valence electrons. The average Bonchev–Trinajstić information content (AvgIpc) is 3.13. The molecular formula is C16H26BrN5O3. The van der Waals surface area contributed by atoms with Crippen LogP contribution in [0.15, 0.2) is 22.9 Å². The van der Waals surface area contributed by atoms with Crippen molar-refractivity contribution in [3.63, 3.8) is 0 Å². The van der Waals surface area contributed by atoms with Crippen LogP contribution in [0.25, 0.3) is 0 Å². The van der Waals surface area contributed by atoms with E-state index in [2.05, 4.69) is 42.8 Å². The third-order valence-electron chi connectivity index (χ3n) is 3.40. The van der Waals surface area contributed by atoms with Crippen molar-refractivity contribution in [3.8, 4) is 0 Å². The Bertz CT molecular complexity index is 630. The molecule has 25 heavy (non-hydrogen) atoms. The fourth-order valence-corrected chi connectivity index (χ4v) is 2.28. The fraction of sp³-hybridized carbons (Fsp3) is 0.562. The molecule has 0 unspecified atom stereocenters. The van der Waals surface area contributed by atoms with E-state index in [4.69, 9.17) is 4.74 Å². The number of esters is 1. The number of carbonyl (C=O) groups is 1. The number of aromatic nitrogens is 4. The molecule has 3 heterocycles. The number of likely N-dealkylation sites (N-methyl/N-ethyl adjacent to an activating group) is 1. The summed E-state index contributed by atoms with van der Waals surface area (Å²) in [6, 6.07) is 1.60. The van der Waals surface area contributed by atoms with Gasteiger partial charge >= 0.3 is 5.97 Å². The van der Waals surface area contributed by atoms with E-state index in [0.29, 0.717) is 5.69 Å². The van der Waals surface area contributed by atoms with Crippen molar-refractivity contribution in [1.82, 2.24) is 24.5 Å². The summed E-state index contributed by atoms with van der Waals surface area (Å²) in [5.41, 5.74) is 1.50. The van der Waals surface area contributed by atoms with E-state index in [1.165, 1.54) is 11.8 Å². The van der Waals surface area contributed by atoms with Gasteiger partial charge in [0.25, 0.3) is 0 Å². The summed E-state index contributed by atoms with van der Waals surface area (Å²) in [5, 5.41) is 7.88. The normalized spacial score (nSPS) is 14.0. The number of methoxy groups -OCH3 is 1. The van der Waals surface area contributed by atoms with E-state index in [-0.39, 0.29) is 5.97 Å². The Morgan fingerprint density at radius 3 is 2.20 bits per heavy atom. The van der Waals surface area contributed by atoms with Crippen molar-refractivity contribution >= 4 is 21.9 Å². The predicted octanol–water partition coefficient (Wildman–Crippen LogP) is 1.65. The molecule has 0 spiro atoms. The number of hydrogen-bond donors (Lipinski definition) is 0. The lowest BCUT2D eigenvalue weighted by Crippen LogP contribution is -2.32. The van der Waals surface area contributed by atoms with Gasteiger partial charge in [-0.25, -0.2) is 4.79 Å². The van der Waals surface area contributed by atoms with Gasteiger partial charge in [0.1, 0.15) is 5.69 Å². The van der Waals surface area contributed by atoms with Gasteiger partial charge in [0, 0.05) is 39.6 Å². The predicted molar refractivity (Wildman–Crippen MR) is 98.5 cm³/mol. The van der Waals surface area contributed by atoms with Crippen LogP contribution >= 0.6 is 15.9 Å². The number of rotatable bonds is 1. The topological polar surface area (TPSA) is 74.4 Å². The Kier molecular flexibility index (Phi) is 9.40. The van der Waals surface area contributed by atoms with Crippen LogP contribution in [0.5, 0.6) is 0 Å². The highest BCUT2D eigenvalue weighted by Crippen LogP contribution is 2.11. The molecule has 2 aromatic heterocycles. The number of ether oxygens (including phenoxy) is 2. The molecule has 0 aromatic carbocycles. The highest BCUT2D eigenvalue weighted by molar-refractivity contribution is 9.10. The first kappa shape index (κ1) is 21.3. The number of carbonyl (C=O) groups excluding carboxylic acids is 1. The number of nitrogens with zero attached hydrogens (tertiary/aromatic N) is 5. The second kappa shape index (κ2) is 11.0. The summed E-state index contributed by atoms with van der Waals surface area (Å²) in [4.78, 5) is 13.1. The third-order valence-corrected chi connectivity index (χ3v) is 4.18. The maximum Gasteiger partial charge on any atom is 0.356 e. The van der Waals surface area contributed by atoms with Gasteiger partial charge in [-0.1, -0.05) is 0 Å². The van der Waals surface area contributed by atoms with Gasteiger partial charge in [0.05, 0.1) is 30.5 Å². The number of halogens is 1. The standard InChI is InChI=1S/C6H8N2O2.C5H7BrN2.C5H11NO/c1-8-5(3-4-7-8)6(9)10-2;1-4-5(6)3-8(2)7-4;1-6-2-4-7-5-3-6/h3-4H,1-2H3;3H,1-2H3;2-5H2,1H3. The second-order valence-electron chi connectivity index (χ2n) is 5.48. The van der Waals surface area contributed by atoms with Crippen LogP contribution in [0.2, 0.25) is 0 Å². The molecule has 8 nitrogen and oxygen atoms in total. The molecule has 0 radical (unpaired) electrons. The number of morpholine rings is 1. The molecular weight excluding hydrogens is 390 g/mol. The van der Waals surface area contributed by atoms with Crippen LogP contribution in [0.4, 0.5) is 0 Å². The molecule has 1 aliphatic heterocycles. The Morgan fingerprint density at radius 1 is 1.28 bits per heavy atom. The van der Waals surface area contributed by atoms with Gasteiger partial charge in [-0.3, -0.25) is 9.36 Å². The molecule has 0 bridgehead atoms. The van der Waals surface area contributed by atoms with Gasteiger partial charge in [-0.15, -0.1) is 0 Å². The Morgan fingerprint density at radius 2 is 1.92 bits per heavy atom. The van der Waals surface area contributed by atoms with Crippen molar-refractivity contribution in [2.24, 2.45) is 14.1 Å². The SMILES string of the molecule is CN1CCOCC1.COC(=O)c1ccnn1C.Cc1nn(C)cc1Br. The van der Waals surface area contributed by atoms with Crippen LogP contribution in [0.1, 0.15) is 16.2 Å². The second-order valence-corrected chi connectivity index (χ2v) is 6.34. The van der Waals surface area contributed by atoms with Gasteiger partial charge in [0.2, 0.25) is 0 Å². The summed E-state index contributed by atoms with van der Waals surface area (Å²) in [5.74, 6) is -0.361. The first-order chi connectivity index (χ1) is 11.8. The zero-order chi connectivity index (χ0) is 18.8. The van der Waals surface area contributed by atoms with E-state index in [1.54, 1.807) is 24.0 Å². The maximum atomic E-state index is 10.8. The molecule has 9 heteroatoms. The lowest BCUT2D eigenvalue weighted by atomic mass is 10.4. The number of aryl methyl sites for hydroxylation is 3. The van der Waals surface area contributed by atoms with E-state index < -0.39 is 0 Å². The van der Waals surface area contributed by atoms with Crippen LogP contribution in [0.3, 0.4) is 0 Å². The molecule has 0 atom stereocenters. The molecule has 1 fully saturated rings. The minimum Gasteiger partial charge on any atom is -0.464 e. The summed E-state index contributed by atoms with van der Waals surface area (Å²) >= 11 is 3.33. The summed E-state index contributed by atoms with van der Waals surface area (Å²) in [6.07, 6.45) is 3.47. The highest BCUT2D eigenvalue weighted by atomic mass is 79.9. The van der Waals surface area contributed by atoms with E-state index >= 15 is 0 Å². The largest absolute Gasteiger partial charge is 0.464 e. The van der Waals surface area contributed by atoms with Gasteiger partial charge in [0.15, 0.2) is 0 Å². The Hall–Kier alpha value is -1.71. The lowest BCUT2D eigenvalue weighted by molar-refractivity contribution is 0.0503. The fourth-order valence-electron chi connectivity index (χ4n) is 1.90. The molecule has 3 rings (SSSR count). The Balaban J connectivity index is 0.000000191. The van der Waals surface area contributed by atoms with Crippen molar-refractivity contribution < 1.29 is 14.3 Å². The summed E-state index contributed by atoms with van der Waals surface area (Å²) in [7, 11) is 7.04. The van der Waals surface area contributed by atoms with Crippen LogP contribution in [-0.4, -0.2) is 70.9 Å². The first-order valence-electron chi connectivity index (χ1n) is 7.83. The average molecular weight is 416 g/mol. The van der Waals surface area contributed by atoms with Crippen molar-refractivity contribution in [2.45, 2.75) is 6.92 Å². The Labute approximate surface area is 156 Å². The molecule has 0 amide bonds. The van der Waals surface area contributed by atoms with Gasteiger partial charge in [-0.2, -0.15) is 10.2 Å². The highest BCUT2D eigenvalue weighted by Gasteiger charge is 2.07. The van der Waals surface area contributed by atoms with E-state index in [0.717, 1.165) is 36.5 Å². The molecule has 0 N–H and O–H groups in total. The van der Waals surface area contributed by atoms with Crippen LogP contribution in [0, 0.1) is 6.92 Å². The van der Waals surface area contributed by atoms with E-state index in [9.17, 15) is 4.79 Å². The quantitative estimate of drug-likeness (QED) is 0.659. The van der Waals surface area contributed by atoms with Crippen molar-refractivity contribution in [3.05, 3.63) is 34.3 Å². The minimum absolute atomic E-state index is 0.361. The zero-order valence-corrected chi connectivity index (χ0v) is 17.0. The molecule has 2 aromatic rings. The molecule has 1 saturated heterocycles. The molecule has 0 saturated carbocycles.